The molecule has 0 saturated heterocycles. The molecule has 0 bridgehead atoms. The van der Waals surface area contributed by atoms with E-state index in [9.17, 15) is 0 Å². The third-order valence-electron chi connectivity index (χ3n) is 2.66. The van der Waals surface area contributed by atoms with Gasteiger partial charge < -0.3 is 15.0 Å². The van der Waals surface area contributed by atoms with Crippen LogP contribution in [0.1, 0.15) is 12.1 Å². The zero-order chi connectivity index (χ0) is 12.1. The minimum absolute atomic E-state index is 0.651. The van der Waals surface area contributed by atoms with Crippen LogP contribution < -0.4 is 10.5 Å². The van der Waals surface area contributed by atoms with E-state index >= 15 is 0 Å². The van der Waals surface area contributed by atoms with Gasteiger partial charge in [0.1, 0.15) is 12.0 Å². The maximum absolute atomic E-state index is 5.51. The molecular weight excluding hydrogens is 216 g/mol. The molecule has 0 atom stereocenters. The average Bonchev–Trinajstić information content (AvgIpc) is 2.84. The third-order valence-corrected chi connectivity index (χ3v) is 2.66. The number of nitrogens with two attached hydrogens (primary N) is 1. The van der Waals surface area contributed by atoms with Gasteiger partial charge in [-0.25, -0.2) is 0 Å². The zero-order valence-electron chi connectivity index (χ0n) is 9.85. The Bertz CT molecular complexity index is 480. The first-order chi connectivity index (χ1) is 8.36. The van der Waals surface area contributed by atoms with Crippen LogP contribution in [0.2, 0.25) is 0 Å². The number of rotatable bonds is 5. The van der Waals surface area contributed by atoms with Crippen LogP contribution in [-0.2, 0) is 6.42 Å². The Morgan fingerprint density at radius 3 is 2.88 bits per heavy atom. The minimum atomic E-state index is 0.651. The number of methoxy groups -OCH3 is 1. The highest BCUT2D eigenvalue weighted by Crippen LogP contribution is 2.32. The fourth-order valence-corrected chi connectivity index (χ4v) is 1.80. The molecule has 90 valence electrons. The SMILES string of the molecule is COc1ccccc1-c1conc1CCCN. The lowest BCUT2D eigenvalue weighted by molar-refractivity contribution is 0.410. The third kappa shape index (κ3) is 2.47. The molecule has 4 heteroatoms. The molecule has 0 aliphatic carbocycles. The number of para-hydroxylation sites is 1. The Labute approximate surface area is 100 Å². The van der Waals surface area contributed by atoms with Crippen molar-refractivity contribution in [1.29, 1.82) is 0 Å². The fourth-order valence-electron chi connectivity index (χ4n) is 1.80. The van der Waals surface area contributed by atoms with E-state index in [2.05, 4.69) is 5.16 Å². The lowest BCUT2D eigenvalue weighted by atomic mass is 10.0. The van der Waals surface area contributed by atoms with E-state index in [-0.39, 0.29) is 0 Å². The molecule has 0 aliphatic rings. The van der Waals surface area contributed by atoms with Crippen molar-refractivity contribution in [1.82, 2.24) is 5.16 Å². The van der Waals surface area contributed by atoms with Crippen molar-refractivity contribution < 1.29 is 9.26 Å². The van der Waals surface area contributed by atoms with E-state index in [1.807, 2.05) is 24.3 Å². The van der Waals surface area contributed by atoms with Gasteiger partial charge in [0, 0.05) is 11.1 Å². The molecule has 2 rings (SSSR count). The van der Waals surface area contributed by atoms with Gasteiger partial charge in [0.15, 0.2) is 0 Å². The molecule has 1 aromatic carbocycles. The summed E-state index contributed by atoms with van der Waals surface area (Å²) in [5, 5.41) is 4.02. The number of ether oxygens (including phenoxy) is 1. The maximum Gasteiger partial charge on any atom is 0.132 e. The molecule has 0 fully saturated rings. The molecule has 2 N–H and O–H groups in total. The van der Waals surface area contributed by atoms with Crippen LogP contribution in [0, 0.1) is 0 Å². The van der Waals surface area contributed by atoms with Gasteiger partial charge in [-0.1, -0.05) is 23.4 Å². The summed E-state index contributed by atoms with van der Waals surface area (Å²) < 4.78 is 10.4. The summed E-state index contributed by atoms with van der Waals surface area (Å²) >= 11 is 0. The highest BCUT2D eigenvalue weighted by atomic mass is 16.5. The van der Waals surface area contributed by atoms with Gasteiger partial charge in [-0.15, -0.1) is 0 Å². The predicted molar refractivity (Wildman–Crippen MR) is 65.9 cm³/mol. The fraction of sp³-hybridized carbons (Fsp3) is 0.308. The smallest absolute Gasteiger partial charge is 0.132 e. The number of aromatic nitrogens is 1. The molecule has 0 amide bonds. The Morgan fingerprint density at radius 1 is 1.29 bits per heavy atom. The van der Waals surface area contributed by atoms with E-state index in [1.165, 1.54) is 0 Å². The average molecular weight is 232 g/mol. The minimum Gasteiger partial charge on any atom is -0.496 e. The van der Waals surface area contributed by atoms with E-state index in [0.29, 0.717) is 6.54 Å². The Hall–Kier alpha value is -1.81. The second-order valence-corrected chi connectivity index (χ2v) is 3.77. The van der Waals surface area contributed by atoms with E-state index < -0.39 is 0 Å². The Kier molecular flexibility index (Phi) is 3.77. The van der Waals surface area contributed by atoms with Crippen LogP contribution in [0.25, 0.3) is 11.1 Å². The molecule has 1 heterocycles. The van der Waals surface area contributed by atoms with E-state index in [4.69, 9.17) is 15.0 Å². The van der Waals surface area contributed by atoms with Gasteiger partial charge in [0.2, 0.25) is 0 Å². The number of aryl methyl sites for hydroxylation is 1. The zero-order valence-corrected chi connectivity index (χ0v) is 9.85. The van der Waals surface area contributed by atoms with Crippen LogP contribution in [-0.4, -0.2) is 18.8 Å². The van der Waals surface area contributed by atoms with Gasteiger partial charge in [0.05, 0.1) is 12.8 Å². The van der Waals surface area contributed by atoms with Gasteiger partial charge in [-0.2, -0.15) is 0 Å². The molecule has 1 aromatic heterocycles. The van der Waals surface area contributed by atoms with Crippen molar-refractivity contribution in [3.63, 3.8) is 0 Å². The maximum atomic E-state index is 5.51. The molecule has 4 nitrogen and oxygen atoms in total. The topological polar surface area (TPSA) is 61.3 Å². The van der Waals surface area contributed by atoms with Gasteiger partial charge in [-0.3, -0.25) is 0 Å². The van der Waals surface area contributed by atoms with Crippen molar-refractivity contribution in [2.75, 3.05) is 13.7 Å². The first kappa shape index (κ1) is 11.7. The largest absolute Gasteiger partial charge is 0.496 e. The van der Waals surface area contributed by atoms with Crippen LogP contribution >= 0.6 is 0 Å². The Balaban J connectivity index is 2.35. The normalized spacial score (nSPS) is 10.5. The van der Waals surface area contributed by atoms with Gasteiger partial charge in [0.25, 0.3) is 0 Å². The summed E-state index contributed by atoms with van der Waals surface area (Å²) in [7, 11) is 1.66. The van der Waals surface area contributed by atoms with Gasteiger partial charge >= 0.3 is 0 Å². The quantitative estimate of drug-likeness (QED) is 0.858. The number of hydrogen-bond acceptors (Lipinski definition) is 4. The molecule has 17 heavy (non-hydrogen) atoms. The monoisotopic (exact) mass is 232 g/mol. The van der Waals surface area contributed by atoms with Gasteiger partial charge in [-0.05, 0) is 25.5 Å². The highest BCUT2D eigenvalue weighted by molar-refractivity contribution is 5.71. The van der Waals surface area contributed by atoms with E-state index in [1.54, 1.807) is 13.4 Å². The molecule has 0 spiro atoms. The molecule has 0 unspecified atom stereocenters. The second kappa shape index (κ2) is 5.50. The van der Waals surface area contributed by atoms with Crippen molar-refractivity contribution >= 4 is 0 Å². The van der Waals surface area contributed by atoms with Crippen LogP contribution in [0.3, 0.4) is 0 Å². The van der Waals surface area contributed by atoms with Crippen LogP contribution in [0.5, 0.6) is 5.75 Å². The lowest BCUT2D eigenvalue weighted by Crippen LogP contribution is -2.01. The molecular formula is C13H16N2O2. The summed E-state index contributed by atoms with van der Waals surface area (Å²) in [5.41, 5.74) is 8.42. The van der Waals surface area contributed by atoms with Crippen molar-refractivity contribution in [3.8, 4) is 16.9 Å². The van der Waals surface area contributed by atoms with Crippen molar-refractivity contribution in [3.05, 3.63) is 36.2 Å². The summed E-state index contributed by atoms with van der Waals surface area (Å²) in [4.78, 5) is 0. The van der Waals surface area contributed by atoms with Crippen molar-refractivity contribution in [2.45, 2.75) is 12.8 Å². The Morgan fingerprint density at radius 2 is 2.12 bits per heavy atom. The number of hydrogen-bond donors (Lipinski definition) is 1. The second-order valence-electron chi connectivity index (χ2n) is 3.77. The van der Waals surface area contributed by atoms with Crippen molar-refractivity contribution in [2.24, 2.45) is 5.73 Å². The summed E-state index contributed by atoms with van der Waals surface area (Å²) in [6, 6.07) is 7.83. The summed E-state index contributed by atoms with van der Waals surface area (Å²) in [6.07, 6.45) is 3.37. The van der Waals surface area contributed by atoms with Crippen LogP contribution in [0.4, 0.5) is 0 Å². The lowest BCUT2D eigenvalue weighted by Gasteiger charge is -2.07. The molecule has 0 saturated carbocycles. The standard InChI is InChI=1S/C13H16N2O2/c1-16-13-7-3-2-5-10(13)11-9-17-15-12(11)6-4-8-14/h2-3,5,7,9H,4,6,8,14H2,1H3. The highest BCUT2D eigenvalue weighted by Gasteiger charge is 2.13. The van der Waals surface area contributed by atoms with E-state index in [0.717, 1.165) is 35.4 Å². The summed E-state index contributed by atoms with van der Waals surface area (Å²) in [5.74, 6) is 0.824. The first-order valence-corrected chi connectivity index (χ1v) is 5.63. The predicted octanol–water partition coefficient (Wildman–Crippen LogP) is 2.24. The number of nitrogens with zero attached hydrogens (tertiary/aromatic N) is 1. The molecule has 2 aromatic rings. The number of benzene rings is 1. The molecule has 0 aliphatic heterocycles. The van der Waals surface area contributed by atoms with Crippen LogP contribution in [0.15, 0.2) is 35.1 Å². The first-order valence-electron chi connectivity index (χ1n) is 5.63. The summed E-state index contributed by atoms with van der Waals surface area (Å²) in [6.45, 7) is 0.651. The molecule has 0 radical (unpaired) electrons.